The minimum atomic E-state index is 0.796. The molecule has 1 saturated heterocycles. The first-order chi connectivity index (χ1) is 6.84. The third-order valence-electron chi connectivity index (χ3n) is 2.54. The van der Waals surface area contributed by atoms with Gasteiger partial charge in [-0.2, -0.15) is 0 Å². The average Bonchev–Trinajstić information content (AvgIpc) is 2.63. The fourth-order valence-electron chi connectivity index (χ4n) is 1.75. The van der Waals surface area contributed by atoms with E-state index < -0.39 is 0 Å². The second-order valence-electron chi connectivity index (χ2n) is 3.70. The molecular formula is C10H15BrN2S. The van der Waals surface area contributed by atoms with Gasteiger partial charge in [-0.15, -0.1) is 11.3 Å². The highest BCUT2D eigenvalue weighted by molar-refractivity contribution is 9.11. The minimum absolute atomic E-state index is 0.796. The van der Waals surface area contributed by atoms with E-state index in [4.69, 9.17) is 0 Å². The lowest BCUT2D eigenvalue weighted by Gasteiger charge is -2.22. The Morgan fingerprint density at radius 2 is 2.50 bits per heavy atom. The van der Waals surface area contributed by atoms with Crippen LogP contribution in [0.2, 0.25) is 0 Å². The van der Waals surface area contributed by atoms with E-state index in [0.29, 0.717) is 0 Å². The smallest absolute Gasteiger partial charge is 0.0894 e. The molecule has 2 nitrogen and oxygen atoms in total. The fourth-order valence-corrected chi connectivity index (χ4v) is 3.05. The van der Waals surface area contributed by atoms with E-state index >= 15 is 0 Å². The molecule has 1 fully saturated rings. The van der Waals surface area contributed by atoms with Gasteiger partial charge in [-0.25, -0.2) is 0 Å². The number of hydrogen-bond donors (Lipinski definition) is 2. The molecule has 0 bridgehead atoms. The first kappa shape index (κ1) is 10.5. The molecule has 1 unspecified atom stereocenters. The van der Waals surface area contributed by atoms with E-state index in [9.17, 15) is 0 Å². The van der Waals surface area contributed by atoms with Gasteiger partial charge in [0.25, 0.3) is 0 Å². The largest absolute Gasteiger partial charge is 0.377 e. The molecule has 0 aromatic carbocycles. The number of thiophene rings is 1. The van der Waals surface area contributed by atoms with Gasteiger partial charge < -0.3 is 10.6 Å². The van der Waals surface area contributed by atoms with Crippen molar-refractivity contribution >= 4 is 32.3 Å². The zero-order valence-electron chi connectivity index (χ0n) is 8.05. The molecule has 2 N–H and O–H groups in total. The summed E-state index contributed by atoms with van der Waals surface area (Å²) < 4.78 is 1.20. The Morgan fingerprint density at radius 1 is 1.57 bits per heavy atom. The highest BCUT2D eigenvalue weighted by Gasteiger charge is 2.12. The van der Waals surface area contributed by atoms with Crippen molar-refractivity contribution in [1.82, 2.24) is 5.32 Å². The summed E-state index contributed by atoms with van der Waals surface area (Å²) in [6.45, 7) is 3.46. The van der Waals surface area contributed by atoms with Crippen LogP contribution in [0.1, 0.15) is 12.8 Å². The van der Waals surface area contributed by atoms with E-state index in [1.165, 1.54) is 34.7 Å². The van der Waals surface area contributed by atoms with E-state index in [1.54, 1.807) is 11.3 Å². The zero-order valence-corrected chi connectivity index (χ0v) is 10.5. The lowest BCUT2D eigenvalue weighted by molar-refractivity contribution is 0.393. The molecule has 1 aromatic rings. The van der Waals surface area contributed by atoms with Gasteiger partial charge in [-0.05, 0) is 59.9 Å². The monoisotopic (exact) mass is 274 g/mol. The summed E-state index contributed by atoms with van der Waals surface area (Å²) in [6, 6.07) is 4.22. The Bertz CT molecular complexity index is 281. The molecule has 78 valence electrons. The van der Waals surface area contributed by atoms with E-state index in [2.05, 4.69) is 38.7 Å². The Labute approximate surface area is 97.2 Å². The van der Waals surface area contributed by atoms with Gasteiger partial charge >= 0.3 is 0 Å². The van der Waals surface area contributed by atoms with Crippen LogP contribution in [0.15, 0.2) is 15.9 Å². The predicted molar refractivity (Wildman–Crippen MR) is 66.1 cm³/mol. The number of piperidine rings is 1. The van der Waals surface area contributed by atoms with Crippen molar-refractivity contribution in [1.29, 1.82) is 0 Å². The number of hydrogen-bond acceptors (Lipinski definition) is 3. The van der Waals surface area contributed by atoms with Crippen molar-refractivity contribution in [2.24, 2.45) is 5.92 Å². The lowest BCUT2D eigenvalue weighted by Crippen LogP contribution is -2.33. The van der Waals surface area contributed by atoms with Gasteiger partial charge in [0, 0.05) is 6.54 Å². The normalized spacial score (nSPS) is 22.2. The molecule has 14 heavy (non-hydrogen) atoms. The molecule has 1 aliphatic rings. The van der Waals surface area contributed by atoms with Gasteiger partial charge in [0.15, 0.2) is 0 Å². The van der Waals surface area contributed by atoms with Crippen LogP contribution in [-0.2, 0) is 0 Å². The quantitative estimate of drug-likeness (QED) is 0.886. The van der Waals surface area contributed by atoms with Crippen LogP contribution in [0, 0.1) is 5.92 Å². The first-order valence-electron chi connectivity index (χ1n) is 5.04. The van der Waals surface area contributed by atoms with Gasteiger partial charge in [-0.1, -0.05) is 0 Å². The second-order valence-corrected chi connectivity index (χ2v) is 6.16. The van der Waals surface area contributed by atoms with Crippen LogP contribution in [0.25, 0.3) is 0 Å². The molecule has 0 saturated carbocycles. The molecule has 2 heterocycles. The van der Waals surface area contributed by atoms with Crippen LogP contribution in [0.4, 0.5) is 5.00 Å². The van der Waals surface area contributed by atoms with Gasteiger partial charge in [0.2, 0.25) is 0 Å². The Kier molecular flexibility index (Phi) is 3.84. The molecule has 0 spiro atoms. The Morgan fingerprint density at radius 3 is 3.14 bits per heavy atom. The van der Waals surface area contributed by atoms with Crippen LogP contribution < -0.4 is 10.6 Å². The molecule has 1 atom stereocenters. The Balaban J connectivity index is 1.76. The highest BCUT2D eigenvalue weighted by Crippen LogP contribution is 2.26. The minimum Gasteiger partial charge on any atom is -0.377 e. The Hall–Kier alpha value is -0.0600. The van der Waals surface area contributed by atoms with Crippen molar-refractivity contribution in [3.63, 3.8) is 0 Å². The molecule has 0 radical (unpaired) electrons. The second kappa shape index (κ2) is 5.14. The zero-order chi connectivity index (χ0) is 9.80. The topological polar surface area (TPSA) is 24.1 Å². The maximum Gasteiger partial charge on any atom is 0.0894 e. The summed E-state index contributed by atoms with van der Waals surface area (Å²) in [5.74, 6) is 0.796. The average molecular weight is 275 g/mol. The number of halogens is 1. The molecule has 1 aliphatic heterocycles. The maximum atomic E-state index is 3.48. The molecule has 0 aliphatic carbocycles. The van der Waals surface area contributed by atoms with Crippen molar-refractivity contribution in [2.75, 3.05) is 25.0 Å². The summed E-state index contributed by atoms with van der Waals surface area (Å²) in [5.41, 5.74) is 0. The summed E-state index contributed by atoms with van der Waals surface area (Å²) in [5, 5.41) is 8.18. The van der Waals surface area contributed by atoms with Crippen molar-refractivity contribution in [3.8, 4) is 0 Å². The van der Waals surface area contributed by atoms with E-state index in [0.717, 1.165) is 12.5 Å². The van der Waals surface area contributed by atoms with Crippen LogP contribution in [-0.4, -0.2) is 19.6 Å². The molecule has 0 amide bonds. The third-order valence-corrected chi connectivity index (χ3v) is 4.12. The number of rotatable bonds is 3. The van der Waals surface area contributed by atoms with Gasteiger partial charge in [0.05, 0.1) is 8.79 Å². The fraction of sp³-hybridized carbons (Fsp3) is 0.600. The summed E-state index contributed by atoms with van der Waals surface area (Å²) in [4.78, 5) is 0. The maximum absolute atomic E-state index is 3.48. The summed E-state index contributed by atoms with van der Waals surface area (Å²) >= 11 is 5.23. The first-order valence-corrected chi connectivity index (χ1v) is 6.65. The molecule has 1 aromatic heterocycles. The standard InChI is InChI=1S/C10H15BrN2S/c11-9-3-4-10(14-9)13-7-8-2-1-5-12-6-8/h3-4,8,12-13H,1-2,5-7H2. The number of nitrogens with one attached hydrogen (secondary N) is 2. The summed E-state index contributed by atoms with van der Waals surface area (Å²) in [6.07, 6.45) is 2.67. The van der Waals surface area contributed by atoms with E-state index in [1.807, 2.05) is 0 Å². The predicted octanol–water partition coefficient (Wildman–Crippen LogP) is 2.92. The molecular weight excluding hydrogens is 260 g/mol. The number of anilines is 1. The SMILES string of the molecule is Brc1ccc(NCC2CCCNC2)s1. The van der Waals surface area contributed by atoms with Gasteiger partial charge in [-0.3, -0.25) is 0 Å². The third kappa shape index (κ3) is 2.97. The summed E-state index contributed by atoms with van der Waals surface area (Å²) in [7, 11) is 0. The van der Waals surface area contributed by atoms with Crippen molar-refractivity contribution in [3.05, 3.63) is 15.9 Å². The van der Waals surface area contributed by atoms with Crippen LogP contribution >= 0.6 is 27.3 Å². The van der Waals surface area contributed by atoms with Crippen molar-refractivity contribution < 1.29 is 0 Å². The van der Waals surface area contributed by atoms with Gasteiger partial charge in [0.1, 0.15) is 0 Å². The molecule has 4 heteroatoms. The molecule has 2 rings (SSSR count). The van der Waals surface area contributed by atoms with Crippen molar-refractivity contribution in [2.45, 2.75) is 12.8 Å². The lowest BCUT2D eigenvalue weighted by atomic mass is 10.00. The highest BCUT2D eigenvalue weighted by atomic mass is 79.9. The van der Waals surface area contributed by atoms with E-state index in [-0.39, 0.29) is 0 Å². The van der Waals surface area contributed by atoms with Crippen LogP contribution in [0.3, 0.4) is 0 Å². The van der Waals surface area contributed by atoms with Crippen LogP contribution in [0.5, 0.6) is 0 Å².